The van der Waals surface area contributed by atoms with Crippen molar-refractivity contribution in [3.05, 3.63) is 29.3 Å². The largest absolute Gasteiger partial charge is 0.496 e. The zero-order valence-corrected chi connectivity index (χ0v) is 15.4. The summed E-state index contributed by atoms with van der Waals surface area (Å²) in [7, 11) is 1.54. The smallest absolute Gasteiger partial charge is 0.227 e. The van der Waals surface area contributed by atoms with Crippen molar-refractivity contribution in [2.75, 3.05) is 33.3 Å². The molecule has 1 unspecified atom stereocenters. The quantitative estimate of drug-likeness (QED) is 0.698. The van der Waals surface area contributed by atoms with Crippen LogP contribution in [0.15, 0.2) is 18.2 Å². The summed E-state index contributed by atoms with van der Waals surface area (Å²) in [6.45, 7) is 3.37. The second kappa shape index (κ2) is 9.33. The molecule has 1 saturated heterocycles. The highest BCUT2D eigenvalue weighted by Gasteiger charge is 2.28. The van der Waals surface area contributed by atoms with Gasteiger partial charge in [-0.15, -0.1) is 0 Å². The maximum atomic E-state index is 12.7. The van der Waals surface area contributed by atoms with Gasteiger partial charge in [0.05, 0.1) is 19.4 Å². The van der Waals surface area contributed by atoms with Crippen molar-refractivity contribution < 1.29 is 19.1 Å². The molecule has 1 heterocycles. The first-order valence-corrected chi connectivity index (χ1v) is 8.89. The molecule has 2 rings (SSSR count). The molecule has 1 aliphatic rings. The van der Waals surface area contributed by atoms with Crippen LogP contribution in [0.3, 0.4) is 0 Å². The molecule has 1 fully saturated rings. The van der Waals surface area contributed by atoms with Gasteiger partial charge in [-0.25, -0.2) is 0 Å². The molecule has 142 valence electrons. The molecule has 1 aromatic carbocycles. The number of Topliss-reactive ketones (excluding diaryl/α,β-unsaturated/α-hetero) is 1. The van der Waals surface area contributed by atoms with Gasteiger partial charge in [0.25, 0.3) is 0 Å². The molecule has 1 atom stereocenters. The number of amides is 2. The van der Waals surface area contributed by atoms with Crippen LogP contribution >= 0.6 is 0 Å². The van der Waals surface area contributed by atoms with Crippen LogP contribution in [0.4, 0.5) is 0 Å². The number of rotatable bonds is 7. The lowest BCUT2D eigenvalue weighted by molar-refractivity contribution is -0.135. The Labute approximate surface area is 153 Å². The predicted octanol–water partition coefficient (Wildman–Crippen LogP) is 0.754. The fourth-order valence-corrected chi connectivity index (χ4v) is 3.17. The fraction of sp³-hybridized carbons (Fsp3) is 0.526. The maximum absolute atomic E-state index is 12.7. The Morgan fingerprint density at radius 1 is 1.35 bits per heavy atom. The predicted molar refractivity (Wildman–Crippen MR) is 98.1 cm³/mol. The number of ketones is 1. The average Bonchev–Trinajstić information content (AvgIpc) is 2.65. The normalized spacial score (nSPS) is 16.9. The molecule has 0 radical (unpaired) electrons. The van der Waals surface area contributed by atoms with Crippen molar-refractivity contribution in [3.8, 4) is 5.75 Å². The summed E-state index contributed by atoms with van der Waals surface area (Å²) in [5, 5.41) is 2.79. The number of piperidine rings is 1. The Bertz CT molecular complexity index is 675. The number of hydrogen-bond acceptors (Lipinski definition) is 5. The van der Waals surface area contributed by atoms with Crippen molar-refractivity contribution in [1.82, 2.24) is 10.2 Å². The first-order valence-electron chi connectivity index (χ1n) is 8.89. The monoisotopic (exact) mass is 361 g/mol. The summed E-state index contributed by atoms with van der Waals surface area (Å²) in [6.07, 6.45) is 1.70. The average molecular weight is 361 g/mol. The molecule has 26 heavy (non-hydrogen) atoms. The van der Waals surface area contributed by atoms with Crippen LogP contribution in [-0.4, -0.2) is 55.8 Å². The van der Waals surface area contributed by atoms with Gasteiger partial charge >= 0.3 is 0 Å². The van der Waals surface area contributed by atoms with Crippen LogP contribution in [0.25, 0.3) is 0 Å². The molecule has 0 spiro atoms. The summed E-state index contributed by atoms with van der Waals surface area (Å²) in [5.74, 6) is 0.197. The van der Waals surface area contributed by atoms with Crippen LogP contribution in [0.5, 0.6) is 5.75 Å². The van der Waals surface area contributed by atoms with Crippen LogP contribution in [0.1, 0.15) is 35.7 Å². The first-order chi connectivity index (χ1) is 12.5. The molecule has 1 aliphatic heterocycles. The van der Waals surface area contributed by atoms with Crippen molar-refractivity contribution in [2.45, 2.75) is 26.2 Å². The molecule has 7 heteroatoms. The van der Waals surface area contributed by atoms with Gasteiger partial charge in [-0.2, -0.15) is 0 Å². The fourth-order valence-electron chi connectivity index (χ4n) is 3.17. The van der Waals surface area contributed by atoms with Gasteiger partial charge in [0.15, 0.2) is 5.78 Å². The molecule has 0 aromatic heterocycles. The van der Waals surface area contributed by atoms with Gasteiger partial charge in [-0.3, -0.25) is 14.4 Å². The molecule has 0 saturated carbocycles. The van der Waals surface area contributed by atoms with E-state index in [0.717, 1.165) is 12.8 Å². The number of carbonyl (C=O) groups is 3. The molecule has 2 amide bonds. The van der Waals surface area contributed by atoms with E-state index in [-0.39, 0.29) is 29.9 Å². The third kappa shape index (κ3) is 5.05. The highest BCUT2D eigenvalue weighted by Crippen LogP contribution is 2.23. The summed E-state index contributed by atoms with van der Waals surface area (Å²) in [5.41, 5.74) is 6.64. The van der Waals surface area contributed by atoms with Gasteiger partial charge in [-0.05, 0) is 38.0 Å². The van der Waals surface area contributed by atoms with E-state index < -0.39 is 0 Å². The zero-order valence-electron chi connectivity index (χ0n) is 15.4. The first kappa shape index (κ1) is 19.9. The Balaban J connectivity index is 2.06. The summed E-state index contributed by atoms with van der Waals surface area (Å²) in [4.78, 5) is 38.2. The number of carbonyl (C=O) groups excluding carboxylic acids is 3. The van der Waals surface area contributed by atoms with Gasteiger partial charge in [0.1, 0.15) is 5.75 Å². The lowest BCUT2D eigenvalue weighted by Crippen LogP contribution is -2.46. The van der Waals surface area contributed by atoms with Gasteiger partial charge in [0, 0.05) is 37.3 Å². The summed E-state index contributed by atoms with van der Waals surface area (Å²) >= 11 is 0. The van der Waals surface area contributed by atoms with E-state index >= 15 is 0 Å². The number of nitrogens with one attached hydrogen (secondary N) is 1. The topological polar surface area (TPSA) is 102 Å². The third-order valence-corrected chi connectivity index (χ3v) is 4.62. The Morgan fingerprint density at radius 2 is 2.12 bits per heavy atom. The molecule has 3 N–H and O–H groups in total. The van der Waals surface area contributed by atoms with Crippen molar-refractivity contribution >= 4 is 17.6 Å². The lowest BCUT2D eigenvalue weighted by Gasteiger charge is -2.32. The van der Waals surface area contributed by atoms with Gasteiger partial charge in [-0.1, -0.05) is 0 Å². The second-order valence-electron chi connectivity index (χ2n) is 6.52. The van der Waals surface area contributed by atoms with Gasteiger partial charge in [0.2, 0.25) is 11.8 Å². The Morgan fingerprint density at radius 3 is 2.77 bits per heavy atom. The number of ether oxygens (including phenoxy) is 1. The number of benzene rings is 1. The number of hydrogen-bond donors (Lipinski definition) is 2. The highest BCUT2D eigenvalue weighted by atomic mass is 16.5. The van der Waals surface area contributed by atoms with Crippen LogP contribution in [-0.2, 0) is 16.0 Å². The van der Waals surface area contributed by atoms with Crippen LogP contribution in [0, 0.1) is 5.92 Å². The minimum absolute atomic E-state index is 0.0518. The van der Waals surface area contributed by atoms with Crippen LogP contribution < -0.4 is 15.8 Å². The van der Waals surface area contributed by atoms with Crippen molar-refractivity contribution in [2.24, 2.45) is 11.7 Å². The Kier molecular flexibility index (Phi) is 7.15. The van der Waals surface area contributed by atoms with E-state index in [1.54, 1.807) is 23.1 Å². The van der Waals surface area contributed by atoms with Crippen molar-refractivity contribution in [3.63, 3.8) is 0 Å². The number of nitrogens with zero attached hydrogens (tertiary/aromatic N) is 1. The molecular formula is C19H27N3O4. The molecule has 7 nitrogen and oxygen atoms in total. The van der Waals surface area contributed by atoms with Crippen molar-refractivity contribution in [1.29, 1.82) is 0 Å². The third-order valence-electron chi connectivity index (χ3n) is 4.62. The molecule has 0 bridgehead atoms. The Hall–Kier alpha value is -2.41. The van der Waals surface area contributed by atoms with E-state index in [9.17, 15) is 14.4 Å². The number of methoxy groups -OCH3 is 1. The molecule has 0 aliphatic carbocycles. The maximum Gasteiger partial charge on any atom is 0.227 e. The SMILES string of the molecule is COc1ccc(C(C)=O)cc1CC(=O)N1CCCC(C(=O)NCCN)C1. The highest BCUT2D eigenvalue weighted by molar-refractivity contribution is 5.94. The summed E-state index contributed by atoms with van der Waals surface area (Å²) in [6, 6.07) is 5.10. The standard InChI is InChI=1S/C19H27N3O4/c1-13(23)14-5-6-17(26-2)16(10-14)11-18(24)22-9-3-4-15(12-22)19(25)21-8-7-20/h5-6,10,15H,3-4,7-9,11-12,20H2,1-2H3,(H,21,25). The molecule has 1 aromatic rings. The minimum atomic E-state index is -0.204. The lowest BCUT2D eigenvalue weighted by atomic mass is 9.96. The molecular weight excluding hydrogens is 334 g/mol. The number of nitrogens with two attached hydrogens (primary N) is 1. The van der Waals surface area contributed by atoms with Crippen LogP contribution in [0.2, 0.25) is 0 Å². The summed E-state index contributed by atoms with van der Waals surface area (Å²) < 4.78 is 5.31. The zero-order chi connectivity index (χ0) is 19.1. The second-order valence-corrected chi connectivity index (χ2v) is 6.52. The van der Waals surface area contributed by atoms with Gasteiger partial charge < -0.3 is 20.7 Å². The van der Waals surface area contributed by atoms with E-state index in [1.165, 1.54) is 14.0 Å². The van der Waals surface area contributed by atoms with E-state index in [1.807, 2.05) is 0 Å². The van der Waals surface area contributed by atoms with E-state index in [0.29, 0.717) is 43.1 Å². The number of likely N-dealkylation sites (tertiary alicyclic amines) is 1. The van der Waals surface area contributed by atoms with E-state index in [2.05, 4.69) is 5.32 Å². The van der Waals surface area contributed by atoms with E-state index in [4.69, 9.17) is 10.5 Å². The minimum Gasteiger partial charge on any atom is -0.496 e.